The first-order valence-corrected chi connectivity index (χ1v) is 5.55. The molecule has 1 rings (SSSR count). The van der Waals surface area contributed by atoms with Crippen LogP contribution in [0.4, 0.5) is 0 Å². The Morgan fingerprint density at radius 1 is 0.769 bits per heavy atom. The van der Waals surface area contributed by atoms with Gasteiger partial charge in [-0.3, -0.25) is 4.79 Å². The molecule has 0 aliphatic carbocycles. The smallest absolute Gasteiger partial charge is 0.305 e. The summed E-state index contributed by atoms with van der Waals surface area (Å²) in [7, 11) is 0. The second-order valence-electron chi connectivity index (χ2n) is 3.80. The van der Waals surface area contributed by atoms with Crippen LogP contribution in [-0.2, 0) is 9.53 Å². The standard InChI is InChI=1S/C11H20O2/c12-11-9-7-5-3-1-2-4-6-8-10-13-11/h1-10H2. The average molecular weight is 184 g/mol. The summed E-state index contributed by atoms with van der Waals surface area (Å²) >= 11 is 0. The van der Waals surface area contributed by atoms with Crippen LogP contribution in [0.5, 0.6) is 0 Å². The highest BCUT2D eigenvalue weighted by atomic mass is 16.5. The first-order chi connectivity index (χ1) is 6.39. The lowest BCUT2D eigenvalue weighted by Gasteiger charge is -2.07. The molecule has 0 spiro atoms. The van der Waals surface area contributed by atoms with E-state index in [0.29, 0.717) is 13.0 Å². The van der Waals surface area contributed by atoms with Crippen molar-refractivity contribution in [2.24, 2.45) is 0 Å². The van der Waals surface area contributed by atoms with Crippen molar-refractivity contribution in [1.82, 2.24) is 0 Å². The van der Waals surface area contributed by atoms with Gasteiger partial charge in [-0.1, -0.05) is 38.5 Å². The third kappa shape index (κ3) is 5.67. The molecule has 0 radical (unpaired) electrons. The van der Waals surface area contributed by atoms with Gasteiger partial charge in [0, 0.05) is 6.42 Å². The molecule has 0 unspecified atom stereocenters. The summed E-state index contributed by atoms with van der Waals surface area (Å²) in [6.45, 7) is 0.638. The Bertz CT molecular complexity index is 129. The number of carbonyl (C=O) groups excluding carboxylic acids is 1. The third-order valence-electron chi connectivity index (χ3n) is 2.54. The van der Waals surface area contributed by atoms with Gasteiger partial charge in [-0.15, -0.1) is 0 Å². The van der Waals surface area contributed by atoms with Crippen molar-refractivity contribution in [2.45, 2.75) is 57.8 Å². The van der Waals surface area contributed by atoms with E-state index in [1.165, 1.54) is 38.5 Å². The van der Waals surface area contributed by atoms with E-state index in [-0.39, 0.29) is 5.97 Å². The van der Waals surface area contributed by atoms with Gasteiger partial charge in [0.25, 0.3) is 0 Å². The first kappa shape index (κ1) is 10.6. The molecule has 2 nitrogen and oxygen atoms in total. The second kappa shape index (κ2) is 6.93. The minimum absolute atomic E-state index is 0.000531. The molecule has 0 atom stereocenters. The largest absolute Gasteiger partial charge is 0.466 e. The first-order valence-electron chi connectivity index (χ1n) is 5.55. The van der Waals surface area contributed by atoms with Crippen molar-refractivity contribution >= 4 is 5.97 Å². The van der Waals surface area contributed by atoms with E-state index in [1.807, 2.05) is 0 Å². The molecule has 13 heavy (non-hydrogen) atoms. The van der Waals surface area contributed by atoms with Gasteiger partial charge in [-0.05, 0) is 12.8 Å². The molecule has 1 saturated heterocycles. The molecule has 0 aromatic rings. The van der Waals surface area contributed by atoms with Crippen LogP contribution in [0.1, 0.15) is 57.8 Å². The van der Waals surface area contributed by atoms with E-state index in [4.69, 9.17) is 4.74 Å². The summed E-state index contributed by atoms with van der Waals surface area (Å²) in [5, 5.41) is 0. The molecule has 76 valence electrons. The molecule has 0 bridgehead atoms. The highest BCUT2D eigenvalue weighted by Crippen LogP contribution is 2.11. The summed E-state index contributed by atoms with van der Waals surface area (Å²) in [6.07, 6.45) is 10.4. The molecule has 1 aliphatic rings. The van der Waals surface area contributed by atoms with Crippen molar-refractivity contribution in [2.75, 3.05) is 6.61 Å². The Morgan fingerprint density at radius 2 is 1.31 bits per heavy atom. The number of rotatable bonds is 0. The predicted molar refractivity (Wildman–Crippen MR) is 52.5 cm³/mol. The number of hydrogen-bond donors (Lipinski definition) is 0. The zero-order valence-electron chi connectivity index (χ0n) is 8.39. The molecule has 0 saturated carbocycles. The van der Waals surface area contributed by atoms with E-state index in [1.54, 1.807) is 0 Å². The third-order valence-corrected chi connectivity index (χ3v) is 2.54. The van der Waals surface area contributed by atoms with Gasteiger partial charge in [-0.25, -0.2) is 0 Å². The van der Waals surface area contributed by atoms with Gasteiger partial charge < -0.3 is 4.74 Å². The summed E-state index contributed by atoms with van der Waals surface area (Å²) in [5.41, 5.74) is 0. The average Bonchev–Trinajstić information content (AvgIpc) is 2.11. The second-order valence-corrected chi connectivity index (χ2v) is 3.80. The molecule has 2 heteroatoms. The van der Waals surface area contributed by atoms with Crippen LogP contribution in [0.2, 0.25) is 0 Å². The van der Waals surface area contributed by atoms with Crippen molar-refractivity contribution in [3.05, 3.63) is 0 Å². The van der Waals surface area contributed by atoms with E-state index in [0.717, 1.165) is 12.8 Å². The van der Waals surface area contributed by atoms with Crippen molar-refractivity contribution in [3.63, 3.8) is 0 Å². The number of cyclic esters (lactones) is 1. The maximum Gasteiger partial charge on any atom is 0.305 e. The van der Waals surface area contributed by atoms with Gasteiger partial charge in [0.2, 0.25) is 0 Å². The van der Waals surface area contributed by atoms with Crippen molar-refractivity contribution in [1.29, 1.82) is 0 Å². The monoisotopic (exact) mass is 184 g/mol. The number of ether oxygens (including phenoxy) is 1. The molecule has 0 N–H and O–H groups in total. The molecule has 0 aromatic heterocycles. The van der Waals surface area contributed by atoms with Gasteiger partial charge in [-0.2, -0.15) is 0 Å². The Morgan fingerprint density at radius 3 is 2.00 bits per heavy atom. The lowest BCUT2D eigenvalue weighted by Crippen LogP contribution is -2.06. The summed E-state index contributed by atoms with van der Waals surface area (Å²) in [6, 6.07) is 0. The van der Waals surface area contributed by atoms with Crippen molar-refractivity contribution in [3.8, 4) is 0 Å². The fourth-order valence-electron chi connectivity index (χ4n) is 1.69. The van der Waals surface area contributed by atoms with Crippen LogP contribution < -0.4 is 0 Å². The van der Waals surface area contributed by atoms with Crippen LogP contribution in [-0.4, -0.2) is 12.6 Å². The van der Waals surface area contributed by atoms with E-state index in [9.17, 15) is 4.79 Å². The number of hydrogen-bond acceptors (Lipinski definition) is 2. The SMILES string of the molecule is O=C1CCCCCCCCCCO1. The van der Waals surface area contributed by atoms with E-state index in [2.05, 4.69) is 0 Å². The Hall–Kier alpha value is -0.530. The fraction of sp³-hybridized carbons (Fsp3) is 0.909. The summed E-state index contributed by atoms with van der Waals surface area (Å²) < 4.78 is 5.08. The summed E-state index contributed by atoms with van der Waals surface area (Å²) in [4.78, 5) is 11.1. The lowest BCUT2D eigenvalue weighted by atomic mass is 10.1. The number of carbonyl (C=O) groups is 1. The maximum absolute atomic E-state index is 11.1. The van der Waals surface area contributed by atoms with Crippen LogP contribution >= 0.6 is 0 Å². The molecule has 1 fully saturated rings. The zero-order chi connectivity index (χ0) is 9.36. The quantitative estimate of drug-likeness (QED) is 0.541. The van der Waals surface area contributed by atoms with Crippen LogP contribution in [0.3, 0.4) is 0 Å². The van der Waals surface area contributed by atoms with E-state index >= 15 is 0 Å². The summed E-state index contributed by atoms with van der Waals surface area (Å²) in [5.74, 6) is 0.000531. The highest BCUT2D eigenvalue weighted by molar-refractivity contribution is 5.69. The van der Waals surface area contributed by atoms with Crippen molar-refractivity contribution < 1.29 is 9.53 Å². The lowest BCUT2D eigenvalue weighted by molar-refractivity contribution is -0.143. The molecule has 0 amide bonds. The van der Waals surface area contributed by atoms with Gasteiger partial charge >= 0.3 is 5.97 Å². The highest BCUT2D eigenvalue weighted by Gasteiger charge is 2.03. The Kier molecular flexibility index (Phi) is 5.62. The molecular weight excluding hydrogens is 164 g/mol. The predicted octanol–water partition coefficient (Wildman–Crippen LogP) is 3.05. The fourth-order valence-corrected chi connectivity index (χ4v) is 1.69. The topological polar surface area (TPSA) is 26.3 Å². The zero-order valence-corrected chi connectivity index (χ0v) is 8.39. The Labute approximate surface area is 80.7 Å². The van der Waals surface area contributed by atoms with E-state index < -0.39 is 0 Å². The molecule has 1 aliphatic heterocycles. The Balaban J connectivity index is 2.14. The molecule has 0 aromatic carbocycles. The van der Waals surface area contributed by atoms with Gasteiger partial charge in [0.15, 0.2) is 0 Å². The van der Waals surface area contributed by atoms with Gasteiger partial charge in [0.05, 0.1) is 6.61 Å². The number of esters is 1. The van der Waals surface area contributed by atoms with Crippen LogP contribution in [0, 0.1) is 0 Å². The van der Waals surface area contributed by atoms with Crippen LogP contribution in [0.25, 0.3) is 0 Å². The molecular formula is C11H20O2. The minimum Gasteiger partial charge on any atom is -0.466 e. The maximum atomic E-state index is 11.1. The van der Waals surface area contributed by atoms with Crippen LogP contribution in [0.15, 0.2) is 0 Å². The molecule has 1 heterocycles. The minimum atomic E-state index is 0.000531. The normalized spacial score (nSPS) is 22.6. The van der Waals surface area contributed by atoms with Gasteiger partial charge in [0.1, 0.15) is 0 Å².